The van der Waals surface area contributed by atoms with Crippen LogP contribution >= 0.6 is 23.4 Å². The molecule has 4 aromatic rings. The number of halogens is 1. The van der Waals surface area contributed by atoms with Crippen LogP contribution in [-0.4, -0.2) is 28.0 Å². The molecule has 0 fully saturated rings. The highest BCUT2D eigenvalue weighted by Gasteiger charge is 2.16. The number of ether oxygens (including phenoxy) is 2. The largest absolute Gasteiger partial charge is 0.454 e. The van der Waals surface area contributed by atoms with Gasteiger partial charge in [-0.25, -0.2) is 4.98 Å². The van der Waals surface area contributed by atoms with Gasteiger partial charge in [0.1, 0.15) is 0 Å². The first-order valence-electron chi connectivity index (χ1n) is 10.6. The lowest BCUT2D eigenvalue weighted by Gasteiger charge is -2.13. The summed E-state index contributed by atoms with van der Waals surface area (Å²) in [6.07, 6.45) is 0. The maximum Gasteiger partial charge on any atom is 0.262 e. The first-order valence-corrected chi connectivity index (χ1v) is 12.0. The van der Waals surface area contributed by atoms with E-state index < -0.39 is 0 Å². The summed E-state index contributed by atoms with van der Waals surface area (Å²) in [7, 11) is 0. The minimum Gasteiger partial charge on any atom is -0.454 e. The Morgan fingerprint density at radius 3 is 2.71 bits per heavy atom. The lowest BCUT2D eigenvalue weighted by Crippen LogP contribution is -2.27. The number of rotatable bonds is 7. The molecule has 1 aliphatic heterocycles. The van der Waals surface area contributed by atoms with Gasteiger partial charge >= 0.3 is 0 Å². The lowest BCUT2D eigenvalue weighted by molar-refractivity contribution is -0.118. The Morgan fingerprint density at radius 2 is 1.85 bits per heavy atom. The van der Waals surface area contributed by atoms with Crippen LogP contribution in [-0.2, 0) is 17.9 Å². The molecule has 0 atom stereocenters. The van der Waals surface area contributed by atoms with Crippen molar-refractivity contribution >= 4 is 40.2 Å². The number of nitrogens with one attached hydrogen (secondary N) is 1. The van der Waals surface area contributed by atoms with Gasteiger partial charge in [0, 0.05) is 11.6 Å². The summed E-state index contributed by atoms with van der Waals surface area (Å²) in [5.41, 5.74) is 2.20. The maximum absolute atomic E-state index is 13.3. The van der Waals surface area contributed by atoms with Gasteiger partial charge < -0.3 is 14.8 Å². The number of aromatic nitrogens is 2. The van der Waals surface area contributed by atoms with E-state index in [1.807, 2.05) is 48.5 Å². The monoisotopic (exact) mass is 493 g/mol. The number of hydrogen-bond donors (Lipinski definition) is 1. The molecular weight excluding hydrogens is 474 g/mol. The van der Waals surface area contributed by atoms with E-state index >= 15 is 0 Å². The van der Waals surface area contributed by atoms with Crippen molar-refractivity contribution < 1.29 is 14.3 Å². The molecule has 0 aliphatic carbocycles. The number of thioether (sulfide) groups is 1. The Hall–Kier alpha value is -3.49. The van der Waals surface area contributed by atoms with Gasteiger partial charge in [0.15, 0.2) is 16.7 Å². The van der Waals surface area contributed by atoms with Crippen molar-refractivity contribution in [2.45, 2.75) is 18.2 Å². The first kappa shape index (κ1) is 22.3. The molecule has 0 radical (unpaired) electrons. The smallest absolute Gasteiger partial charge is 0.262 e. The third kappa shape index (κ3) is 4.88. The molecule has 0 unspecified atom stereocenters. The van der Waals surface area contributed by atoms with Gasteiger partial charge in [-0.1, -0.05) is 59.8 Å². The molecule has 2 heterocycles. The fourth-order valence-electron chi connectivity index (χ4n) is 3.62. The molecule has 5 rings (SSSR count). The van der Waals surface area contributed by atoms with Gasteiger partial charge in [-0.05, 0) is 41.5 Å². The van der Waals surface area contributed by atoms with Gasteiger partial charge in [-0.2, -0.15) is 0 Å². The van der Waals surface area contributed by atoms with Crippen LogP contribution in [0.5, 0.6) is 11.5 Å². The van der Waals surface area contributed by atoms with E-state index in [-0.39, 0.29) is 24.0 Å². The zero-order valence-corrected chi connectivity index (χ0v) is 19.6. The van der Waals surface area contributed by atoms with Crippen LogP contribution in [0.15, 0.2) is 76.7 Å². The van der Waals surface area contributed by atoms with E-state index in [9.17, 15) is 9.59 Å². The Kier molecular flexibility index (Phi) is 6.42. The van der Waals surface area contributed by atoms with E-state index in [1.54, 1.807) is 22.8 Å². The summed E-state index contributed by atoms with van der Waals surface area (Å²) in [6.45, 7) is 0.913. The van der Waals surface area contributed by atoms with E-state index in [1.165, 1.54) is 11.8 Å². The van der Waals surface area contributed by atoms with Crippen LogP contribution in [0.25, 0.3) is 10.9 Å². The van der Waals surface area contributed by atoms with Crippen molar-refractivity contribution in [3.63, 3.8) is 0 Å². The normalized spacial score (nSPS) is 12.1. The molecule has 7 nitrogen and oxygen atoms in total. The average Bonchev–Trinajstić information content (AvgIpc) is 3.32. The zero-order chi connectivity index (χ0) is 23.5. The summed E-state index contributed by atoms with van der Waals surface area (Å²) in [4.78, 5) is 30.5. The van der Waals surface area contributed by atoms with Crippen molar-refractivity contribution in [3.05, 3.63) is 93.2 Å². The third-order valence-electron chi connectivity index (χ3n) is 5.32. The van der Waals surface area contributed by atoms with Gasteiger partial charge in [-0.15, -0.1) is 0 Å². The van der Waals surface area contributed by atoms with E-state index in [0.717, 1.165) is 11.1 Å². The van der Waals surface area contributed by atoms with Crippen molar-refractivity contribution in [2.75, 3.05) is 12.5 Å². The summed E-state index contributed by atoms with van der Waals surface area (Å²) >= 11 is 7.34. The summed E-state index contributed by atoms with van der Waals surface area (Å²) in [5, 5.41) is 4.34. The highest BCUT2D eigenvalue weighted by Crippen LogP contribution is 2.32. The van der Waals surface area contributed by atoms with E-state index in [4.69, 9.17) is 21.1 Å². The molecule has 34 heavy (non-hydrogen) atoms. The molecule has 1 amide bonds. The molecule has 3 aromatic carbocycles. The molecule has 0 saturated carbocycles. The third-order valence-corrected chi connectivity index (χ3v) is 6.54. The van der Waals surface area contributed by atoms with E-state index in [0.29, 0.717) is 45.7 Å². The van der Waals surface area contributed by atoms with Crippen LogP contribution < -0.4 is 20.3 Å². The van der Waals surface area contributed by atoms with Crippen LogP contribution in [0.2, 0.25) is 5.02 Å². The van der Waals surface area contributed by atoms with E-state index in [2.05, 4.69) is 10.3 Å². The van der Waals surface area contributed by atoms with Crippen molar-refractivity contribution in [1.29, 1.82) is 0 Å². The second-order valence-corrected chi connectivity index (χ2v) is 9.06. The topological polar surface area (TPSA) is 82.5 Å². The number of fused-ring (bicyclic) bond motifs is 2. The SMILES string of the molecule is O=C(CSc1nc2cc(Cl)ccc2c(=O)n1Cc1ccccc1)NCc1ccc2c(c1)OCO2. The second-order valence-electron chi connectivity index (χ2n) is 7.69. The number of hydrogen-bond acceptors (Lipinski definition) is 6. The second kappa shape index (κ2) is 9.79. The maximum atomic E-state index is 13.3. The molecule has 1 N–H and O–H groups in total. The number of carbonyl (C=O) groups excluding carboxylic acids is 1. The molecule has 0 bridgehead atoms. The quantitative estimate of drug-likeness (QED) is 0.306. The van der Waals surface area contributed by atoms with Crippen molar-refractivity contribution in [2.24, 2.45) is 0 Å². The molecule has 0 spiro atoms. The van der Waals surface area contributed by atoms with Crippen LogP contribution in [0.1, 0.15) is 11.1 Å². The zero-order valence-electron chi connectivity index (χ0n) is 18.0. The predicted molar refractivity (Wildman–Crippen MR) is 132 cm³/mol. The summed E-state index contributed by atoms with van der Waals surface area (Å²) < 4.78 is 12.3. The minimum absolute atomic E-state index is 0.109. The predicted octanol–water partition coefficient (Wildman–Crippen LogP) is 4.24. The number of benzene rings is 3. The summed E-state index contributed by atoms with van der Waals surface area (Å²) in [5.74, 6) is 1.31. The van der Waals surface area contributed by atoms with Crippen molar-refractivity contribution in [3.8, 4) is 11.5 Å². The Bertz CT molecular complexity index is 1430. The molecule has 9 heteroatoms. The van der Waals surface area contributed by atoms with Gasteiger partial charge in [0.2, 0.25) is 12.7 Å². The molecule has 1 aliphatic rings. The fraction of sp³-hybridized carbons (Fsp3) is 0.160. The molecule has 0 saturated heterocycles. The molecule has 1 aromatic heterocycles. The first-order chi connectivity index (χ1) is 16.6. The Balaban J connectivity index is 1.33. The van der Waals surface area contributed by atoms with Crippen LogP contribution in [0, 0.1) is 0 Å². The van der Waals surface area contributed by atoms with Crippen LogP contribution in [0.3, 0.4) is 0 Å². The van der Waals surface area contributed by atoms with Gasteiger partial charge in [0.05, 0.1) is 23.2 Å². The highest BCUT2D eigenvalue weighted by molar-refractivity contribution is 7.99. The minimum atomic E-state index is -0.172. The lowest BCUT2D eigenvalue weighted by atomic mass is 10.2. The highest BCUT2D eigenvalue weighted by atomic mass is 35.5. The van der Waals surface area contributed by atoms with Crippen molar-refractivity contribution in [1.82, 2.24) is 14.9 Å². The van der Waals surface area contributed by atoms with Crippen LogP contribution in [0.4, 0.5) is 0 Å². The number of nitrogens with zero attached hydrogens (tertiary/aromatic N) is 2. The Morgan fingerprint density at radius 1 is 1.03 bits per heavy atom. The number of amides is 1. The standard InChI is InChI=1S/C25H20ClN3O4S/c26-18-7-8-19-20(11-18)28-25(29(24(19)31)13-16-4-2-1-3-5-16)34-14-23(30)27-12-17-6-9-21-22(10-17)33-15-32-21/h1-11H,12-15H2,(H,27,30). The number of carbonyl (C=O) groups is 1. The summed E-state index contributed by atoms with van der Waals surface area (Å²) in [6, 6.07) is 20.2. The Labute approximate surface area is 204 Å². The van der Waals surface area contributed by atoms with Gasteiger partial charge in [-0.3, -0.25) is 14.2 Å². The average molecular weight is 494 g/mol. The molecular formula is C25H20ClN3O4S. The van der Waals surface area contributed by atoms with Gasteiger partial charge in [0.25, 0.3) is 5.56 Å². The fourth-order valence-corrected chi connectivity index (χ4v) is 4.62. The molecule has 172 valence electrons.